The number of fused-ring (bicyclic) bond motifs is 1. The van der Waals surface area contributed by atoms with Gasteiger partial charge in [0.25, 0.3) is 0 Å². The maximum absolute atomic E-state index is 12.4. The molecule has 1 amide bonds. The Hall–Kier alpha value is -3.52. The summed E-state index contributed by atoms with van der Waals surface area (Å²) in [7, 11) is 3.26. The lowest BCUT2D eigenvalue weighted by Gasteiger charge is -2.08. The SMILES string of the molecule is COc1ccc(OCCNC(=O)Cc2csc3nc(-c4ccc(OC)cc4)cn23)cc1. The number of benzene rings is 2. The van der Waals surface area contributed by atoms with Crippen LogP contribution in [0.25, 0.3) is 16.2 Å². The number of amides is 1. The van der Waals surface area contributed by atoms with Gasteiger partial charge in [-0.15, -0.1) is 11.3 Å². The van der Waals surface area contributed by atoms with E-state index in [9.17, 15) is 4.79 Å². The number of ether oxygens (including phenoxy) is 3. The lowest BCUT2D eigenvalue weighted by Crippen LogP contribution is -2.29. The van der Waals surface area contributed by atoms with Crippen molar-refractivity contribution in [2.24, 2.45) is 0 Å². The Morgan fingerprint density at radius 3 is 2.32 bits per heavy atom. The van der Waals surface area contributed by atoms with E-state index in [4.69, 9.17) is 14.2 Å². The monoisotopic (exact) mass is 437 g/mol. The number of aromatic nitrogens is 2. The van der Waals surface area contributed by atoms with E-state index < -0.39 is 0 Å². The fourth-order valence-corrected chi connectivity index (χ4v) is 3.99. The summed E-state index contributed by atoms with van der Waals surface area (Å²) in [5, 5.41) is 4.86. The van der Waals surface area contributed by atoms with E-state index in [1.807, 2.05) is 64.5 Å². The minimum atomic E-state index is -0.0577. The van der Waals surface area contributed by atoms with Gasteiger partial charge >= 0.3 is 0 Å². The Kier molecular flexibility index (Phi) is 6.37. The summed E-state index contributed by atoms with van der Waals surface area (Å²) >= 11 is 1.52. The zero-order valence-electron chi connectivity index (χ0n) is 17.3. The first-order chi connectivity index (χ1) is 15.2. The van der Waals surface area contributed by atoms with Gasteiger partial charge in [0.15, 0.2) is 4.96 Å². The van der Waals surface area contributed by atoms with Crippen LogP contribution in [0.3, 0.4) is 0 Å². The van der Waals surface area contributed by atoms with Crippen molar-refractivity contribution in [1.82, 2.24) is 14.7 Å². The summed E-state index contributed by atoms with van der Waals surface area (Å²) in [6.45, 7) is 0.822. The summed E-state index contributed by atoms with van der Waals surface area (Å²) in [5.41, 5.74) is 2.77. The Morgan fingerprint density at radius 1 is 1.00 bits per heavy atom. The van der Waals surface area contributed by atoms with Crippen LogP contribution in [0, 0.1) is 0 Å². The number of imidazole rings is 1. The van der Waals surface area contributed by atoms with Crippen LogP contribution in [0.4, 0.5) is 0 Å². The van der Waals surface area contributed by atoms with Gasteiger partial charge in [0, 0.05) is 22.8 Å². The highest BCUT2D eigenvalue weighted by atomic mass is 32.1. The lowest BCUT2D eigenvalue weighted by atomic mass is 10.2. The van der Waals surface area contributed by atoms with E-state index in [0.29, 0.717) is 13.2 Å². The van der Waals surface area contributed by atoms with E-state index in [2.05, 4.69) is 10.3 Å². The molecule has 0 bridgehead atoms. The van der Waals surface area contributed by atoms with Crippen molar-refractivity contribution in [1.29, 1.82) is 0 Å². The molecular formula is C23H23N3O4S. The standard InChI is InChI=1S/C23H23N3O4S/c1-28-18-5-3-16(4-6-18)21-14-26-17(15-31-23(26)25-21)13-22(27)24-11-12-30-20-9-7-19(29-2)8-10-20/h3-10,14-15H,11-13H2,1-2H3,(H,24,27). The van der Waals surface area contributed by atoms with Gasteiger partial charge in [0.1, 0.15) is 23.9 Å². The van der Waals surface area contributed by atoms with Crippen LogP contribution in [-0.2, 0) is 11.2 Å². The van der Waals surface area contributed by atoms with Crippen molar-refractivity contribution in [2.75, 3.05) is 27.4 Å². The molecule has 0 fully saturated rings. The first-order valence-electron chi connectivity index (χ1n) is 9.79. The molecule has 7 nitrogen and oxygen atoms in total. The molecule has 2 aromatic carbocycles. The zero-order valence-corrected chi connectivity index (χ0v) is 18.1. The number of hydrogen-bond donors (Lipinski definition) is 1. The van der Waals surface area contributed by atoms with Crippen LogP contribution in [0.2, 0.25) is 0 Å². The third-order valence-corrected chi connectivity index (χ3v) is 5.65. The second kappa shape index (κ2) is 9.53. The molecule has 0 aliphatic heterocycles. The van der Waals surface area contributed by atoms with Crippen molar-refractivity contribution >= 4 is 22.2 Å². The number of nitrogens with zero attached hydrogens (tertiary/aromatic N) is 2. The highest BCUT2D eigenvalue weighted by Crippen LogP contribution is 2.25. The molecule has 8 heteroatoms. The zero-order chi connectivity index (χ0) is 21.6. The summed E-state index contributed by atoms with van der Waals surface area (Å²) in [5.74, 6) is 2.26. The van der Waals surface area contributed by atoms with Crippen LogP contribution in [0.5, 0.6) is 17.2 Å². The Labute approximate surface area is 184 Å². The van der Waals surface area contributed by atoms with E-state index in [-0.39, 0.29) is 12.3 Å². The minimum absolute atomic E-state index is 0.0577. The Morgan fingerprint density at radius 2 is 1.65 bits per heavy atom. The topological polar surface area (TPSA) is 74.1 Å². The quantitative estimate of drug-likeness (QED) is 0.403. The van der Waals surface area contributed by atoms with E-state index >= 15 is 0 Å². The maximum atomic E-state index is 12.4. The molecule has 0 saturated heterocycles. The van der Waals surface area contributed by atoms with Crippen LogP contribution in [-0.4, -0.2) is 42.7 Å². The van der Waals surface area contributed by atoms with Crippen molar-refractivity contribution in [3.8, 4) is 28.5 Å². The summed E-state index contributed by atoms with van der Waals surface area (Å²) < 4.78 is 17.9. The third kappa shape index (κ3) is 4.97. The van der Waals surface area contributed by atoms with Gasteiger partial charge in [-0.1, -0.05) is 0 Å². The molecule has 4 rings (SSSR count). The van der Waals surface area contributed by atoms with Gasteiger partial charge in [0.2, 0.25) is 5.91 Å². The molecule has 0 aliphatic carbocycles. The first-order valence-corrected chi connectivity index (χ1v) is 10.7. The van der Waals surface area contributed by atoms with Crippen molar-refractivity contribution < 1.29 is 19.0 Å². The molecule has 0 atom stereocenters. The molecule has 160 valence electrons. The predicted molar refractivity (Wildman–Crippen MR) is 120 cm³/mol. The molecular weight excluding hydrogens is 414 g/mol. The molecule has 2 aromatic heterocycles. The number of rotatable bonds is 9. The highest BCUT2D eigenvalue weighted by molar-refractivity contribution is 7.15. The third-order valence-electron chi connectivity index (χ3n) is 4.76. The molecule has 31 heavy (non-hydrogen) atoms. The summed E-state index contributed by atoms with van der Waals surface area (Å²) in [4.78, 5) is 17.9. The van der Waals surface area contributed by atoms with Crippen LogP contribution in [0.15, 0.2) is 60.1 Å². The van der Waals surface area contributed by atoms with Gasteiger partial charge in [-0.2, -0.15) is 0 Å². The van der Waals surface area contributed by atoms with Crippen molar-refractivity contribution in [3.63, 3.8) is 0 Å². The van der Waals surface area contributed by atoms with E-state index in [1.165, 1.54) is 11.3 Å². The lowest BCUT2D eigenvalue weighted by molar-refractivity contribution is -0.120. The molecule has 1 N–H and O–H groups in total. The number of carbonyl (C=O) groups excluding carboxylic acids is 1. The second-order valence-electron chi connectivity index (χ2n) is 6.78. The van der Waals surface area contributed by atoms with Crippen LogP contribution in [0.1, 0.15) is 5.69 Å². The van der Waals surface area contributed by atoms with Gasteiger partial charge < -0.3 is 19.5 Å². The number of methoxy groups -OCH3 is 2. The average Bonchev–Trinajstić information content (AvgIpc) is 3.39. The van der Waals surface area contributed by atoms with Crippen LogP contribution < -0.4 is 19.5 Å². The fraction of sp³-hybridized carbons (Fsp3) is 0.217. The smallest absolute Gasteiger partial charge is 0.226 e. The van der Waals surface area contributed by atoms with Gasteiger partial charge in [-0.25, -0.2) is 4.98 Å². The average molecular weight is 438 g/mol. The maximum Gasteiger partial charge on any atom is 0.226 e. The number of thiazole rings is 1. The van der Waals surface area contributed by atoms with E-state index in [1.54, 1.807) is 14.2 Å². The largest absolute Gasteiger partial charge is 0.497 e. The number of carbonyl (C=O) groups is 1. The van der Waals surface area contributed by atoms with Crippen molar-refractivity contribution in [2.45, 2.75) is 6.42 Å². The Bertz CT molecular complexity index is 1150. The van der Waals surface area contributed by atoms with Gasteiger partial charge in [-0.3, -0.25) is 9.20 Å². The molecule has 2 heterocycles. The summed E-state index contributed by atoms with van der Waals surface area (Å²) in [6, 6.07) is 15.1. The minimum Gasteiger partial charge on any atom is -0.497 e. The van der Waals surface area contributed by atoms with Gasteiger partial charge in [-0.05, 0) is 48.5 Å². The van der Waals surface area contributed by atoms with Crippen LogP contribution >= 0.6 is 11.3 Å². The summed E-state index contributed by atoms with van der Waals surface area (Å²) in [6.07, 6.45) is 2.24. The molecule has 4 aromatic rings. The molecule has 0 aliphatic rings. The first kappa shape index (κ1) is 20.7. The molecule has 0 unspecified atom stereocenters. The number of hydrogen-bond acceptors (Lipinski definition) is 6. The molecule has 0 radical (unpaired) electrons. The molecule has 0 saturated carbocycles. The highest BCUT2D eigenvalue weighted by Gasteiger charge is 2.12. The predicted octanol–water partition coefficient (Wildman–Crippen LogP) is 3.82. The fourth-order valence-electron chi connectivity index (χ4n) is 3.12. The number of nitrogens with one attached hydrogen (secondary N) is 1. The Balaban J connectivity index is 1.31. The van der Waals surface area contributed by atoms with Gasteiger partial charge in [0.05, 0.1) is 32.9 Å². The second-order valence-corrected chi connectivity index (χ2v) is 7.62. The van der Waals surface area contributed by atoms with E-state index in [0.717, 1.165) is 39.2 Å². The molecule has 0 spiro atoms. The normalized spacial score (nSPS) is 10.8. The van der Waals surface area contributed by atoms with Crippen molar-refractivity contribution in [3.05, 3.63) is 65.8 Å².